The summed E-state index contributed by atoms with van der Waals surface area (Å²) in [5, 5.41) is 3.31. The largest absolute Gasteiger partial charge is 0.353 e. The number of nitrogens with one attached hydrogen (secondary N) is 1. The van der Waals surface area contributed by atoms with Crippen LogP contribution in [0.25, 0.3) is 0 Å². The van der Waals surface area contributed by atoms with Gasteiger partial charge < -0.3 is 10.2 Å². The van der Waals surface area contributed by atoms with E-state index in [-0.39, 0.29) is 17.9 Å². The van der Waals surface area contributed by atoms with E-state index in [1.54, 1.807) is 0 Å². The van der Waals surface area contributed by atoms with Crippen LogP contribution in [0.2, 0.25) is 0 Å². The van der Waals surface area contributed by atoms with Gasteiger partial charge in [0.25, 0.3) is 0 Å². The first kappa shape index (κ1) is 19.1. The first-order chi connectivity index (χ1) is 12.5. The van der Waals surface area contributed by atoms with Gasteiger partial charge in [0, 0.05) is 10.5 Å². The van der Waals surface area contributed by atoms with E-state index in [2.05, 4.69) is 76.5 Å². The Morgan fingerprint density at radius 3 is 2.35 bits per heavy atom. The molecular formula is C22H27BrN2O. The minimum absolute atomic E-state index is 0.141. The van der Waals surface area contributed by atoms with Crippen LogP contribution in [0.5, 0.6) is 0 Å². The van der Waals surface area contributed by atoms with Crippen molar-refractivity contribution < 1.29 is 4.79 Å². The Hall–Kier alpha value is -1.65. The number of hydrogen-bond donors (Lipinski definition) is 1. The van der Waals surface area contributed by atoms with Crippen molar-refractivity contribution in [1.82, 2.24) is 10.2 Å². The van der Waals surface area contributed by atoms with E-state index in [1.807, 2.05) is 12.1 Å². The standard InChI is InChI=1S/C22H27BrN2O/c1-16-3-5-17(6-4-16)15-21(18-7-9-19(23)10-8-18)22(26)24-20-11-13-25(2)14-12-20/h3-10,20-21H,11-15H2,1-2H3,(H,24,26). The van der Waals surface area contributed by atoms with Crippen LogP contribution < -0.4 is 5.32 Å². The van der Waals surface area contributed by atoms with E-state index >= 15 is 0 Å². The molecule has 1 saturated heterocycles. The van der Waals surface area contributed by atoms with E-state index in [4.69, 9.17) is 0 Å². The van der Waals surface area contributed by atoms with Crippen LogP contribution in [-0.2, 0) is 11.2 Å². The van der Waals surface area contributed by atoms with Gasteiger partial charge in [0.2, 0.25) is 5.91 Å². The molecule has 3 rings (SSSR count). The predicted molar refractivity (Wildman–Crippen MR) is 110 cm³/mol. The zero-order chi connectivity index (χ0) is 18.5. The Morgan fingerprint density at radius 2 is 1.73 bits per heavy atom. The lowest BCUT2D eigenvalue weighted by Crippen LogP contribution is -2.45. The SMILES string of the molecule is Cc1ccc(CC(C(=O)NC2CCN(C)CC2)c2ccc(Br)cc2)cc1. The third kappa shape index (κ3) is 5.18. The van der Waals surface area contributed by atoms with Crippen LogP contribution in [0.4, 0.5) is 0 Å². The highest BCUT2D eigenvalue weighted by atomic mass is 79.9. The molecule has 0 spiro atoms. The van der Waals surface area contributed by atoms with Gasteiger partial charge in [-0.15, -0.1) is 0 Å². The smallest absolute Gasteiger partial charge is 0.228 e. The molecule has 1 amide bonds. The minimum atomic E-state index is -0.162. The van der Waals surface area contributed by atoms with Crippen LogP contribution in [0.15, 0.2) is 53.0 Å². The number of amides is 1. The van der Waals surface area contributed by atoms with Crippen LogP contribution in [0.3, 0.4) is 0 Å². The highest BCUT2D eigenvalue weighted by Gasteiger charge is 2.25. The monoisotopic (exact) mass is 414 g/mol. The summed E-state index contributed by atoms with van der Waals surface area (Å²) in [7, 11) is 2.14. The number of carbonyl (C=O) groups excluding carboxylic acids is 1. The maximum atomic E-state index is 13.1. The van der Waals surface area contributed by atoms with Gasteiger partial charge in [-0.3, -0.25) is 4.79 Å². The Kier molecular flexibility index (Phi) is 6.49. The van der Waals surface area contributed by atoms with E-state index in [9.17, 15) is 4.79 Å². The normalized spacial score (nSPS) is 17.0. The third-order valence-electron chi connectivity index (χ3n) is 5.21. The Balaban J connectivity index is 1.76. The van der Waals surface area contributed by atoms with E-state index in [0.717, 1.165) is 42.4 Å². The van der Waals surface area contributed by atoms with Gasteiger partial charge >= 0.3 is 0 Å². The van der Waals surface area contributed by atoms with Crippen molar-refractivity contribution in [3.63, 3.8) is 0 Å². The minimum Gasteiger partial charge on any atom is -0.353 e. The Morgan fingerprint density at radius 1 is 1.12 bits per heavy atom. The van der Waals surface area contributed by atoms with E-state index in [0.29, 0.717) is 0 Å². The number of benzene rings is 2. The molecule has 0 bridgehead atoms. The summed E-state index contributed by atoms with van der Waals surface area (Å²) in [4.78, 5) is 15.4. The van der Waals surface area contributed by atoms with Crippen molar-refractivity contribution in [2.24, 2.45) is 0 Å². The maximum absolute atomic E-state index is 13.1. The molecule has 4 heteroatoms. The number of piperidine rings is 1. The molecule has 138 valence electrons. The summed E-state index contributed by atoms with van der Waals surface area (Å²) < 4.78 is 1.03. The lowest BCUT2D eigenvalue weighted by atomic mass is 9.90. The lowest BCUT2D eigenvalue weighted by Gasteiger charge is -2.30. The van der Waals surface area contributed by atoms with Crippen LogP contribution in [0.1, 0.15) is 35.4 Å². The first-order valence-corrected chi connectivity index (χ1v) is 10.1. The van der Waals surface area contributed by atoms with Crippen molar-refractivity contribution in [2.45, 2.75) is 38.1 Å². The van der Waals surface area contributed by atoms with Crippen LogP contribution >= 0.6 is 15.9 Å². The molecule has 1 heterocycles. The fourth-order valence-electron chi connectivity index (χ4n) is 3.47. The number of halogens is 1. The molecular weight excluding hydrogens is 388 g/mol. The molecule has 1 atom stereocenters. The number of rotatable bonds is 5. The predicted octanol–water partition coefficient (Wildman–Crippen LogP) is 4.29. The van der Waals surface area contributed by atoms with Crippen molar-refractivity contribution >= 4 is 21.8 Å². The second-order valence-electron chi connectivity index (χ2n) is 7.38. The molecule has 1 fully saturated rings. The van der Waals surface area contributed by atoms with Gasteiger partial charge in [-0.1, -0.05) is 57.9 Å². The van der Waals surface area contributed by atoms with Gasteiger partial charge in [-0.25, -0.2) is 0 Å². The van der Waals surface area contributed by atoms with Gasteiger partial charge in [-0.05, 0) is 69.6 Å². The highest BCUT2D eigenvalue weighted by molar-refractivity contribution is 9.10. The van der Waals surface area contributed by atoms with Crippen LogP contribution in [-0.4, -0.2) is 37.0 Å². The van der Waals surface area contributed by atoms with Crippen LogP contribution in [0, 0.1) is 6.92 Å². The molecule has 1 N–H and O–H groups in total. The summed E-state index contributed by atoms with van der Waals surface area (Å²) >= 11 is 3.49. The molecule has 0 aliphatic carbocycles. The van der Waals surface area contributed by atoms with E-state index < -0.39 is 0 Å². The van der Waals surface area contributed by atoms with E-state index in [1.165, 1.54) is 11.1 Å². The first-order valence-electron chi connectivity index (χ1n) is 9.31. The molecule has 1 unspecified atom stereocenters. The molecule has 3 nitrogen and oxygen atoms in total. The van der Waals surface area contributed by atoms with Gasteiger partial charge in [0.1, 0.15) is 0 Å². The summed E-state index contributed by atoms with van der Waals surface area (Å²) in [6.07, 6.45) is 2.78. The molecule has 0 saturated carbocycles. The number of likely N-dealkylation sites (tertiary alicyclic amines) is 1. The summed E-state index contributed by atoms with van der Waals surface area (Å²) in [5.74, 6) is -0.0205. The summed E-state index contributed by atoms with van der Waals surface area (Å²) in [6.45, 7) is 4.18. The summed E-state index contributed by atoms with van der Waals surface area (Å²) in [5.41, 5.74) is 3.51. The molecule has 26 heavy (non-hydrogen) atoms. The third-order valence-corrected chi connectivity index (χ3v) is 5.74. The fraction of sp³-hybridized carbons (Fsp3) is 0.409. The average Bonchev–Trinajstić information content (AvgIpc) is 2.64. The maximum Gasteiger partial charge on any atom is 0.228 e. The highest BCUT2D eigenvalue weighted by Crippen LogP contribution is 2.24. The molecule has 1 aliphatic rings. The number of nitrogens with zero attached hydrogens (tertiary/aromatic N) is 1. The Bertz CT molecular complexity index is 719. The van der Waals surface area contributed by atoms with Gasteiger partial charge in [0.05, 0.1) is 5.92 Å². The molecule has 2 aromatic rings. The quantitative estimate of drug-likeness (QED) is 0.790. The lowest BCUT2D eigenvalue weighted by molar-refractivity contribution is -0.123. The number of carbonyl (C=O) groups is 1. The van der Waals surface area contributed by atoms with Gasteiger partial charge in [-0.2, -0.15) is 0 Å². The van der Waals surface area contributed by atoms with Crippen molar-refractivity contribution in [3.8, 4) is 0 Å². The molecule has 1 aliphatic heterocycles. The molecule has 2 aromatic carbocycles. The van der Waals surface area contributed by atoms with Crippen molar-refractivity contribution in [3.05, 3.63) is 69.7 Å². The van der Waals surface area contributed by atoms with Crippen molar-refractivity contribution in [1.29, 1.82) is 0 Å². The number of aryl methyl sites for hydroxylation is 1. The van der Waals surface area contributed by atoms with Crippen molar-refractivity contribution in [2.75, 3.05) is 20.1 Å². The topological polar surface area (TPSA) is 32.3 Å². The molecule has 0 aromatic heterocycles. The summed E-state index contributed by atoms with van der Waals surface area (Å²) in [6, 6.07) is 16.9. The zero-order valence-electron chi connectivity index (χ0n) is 15.5. The second kappa shape index (κ2) is 8.83. The molecule has 0 radical (unpaired) electrons. The van der Waals surface area contributed by atoms with Gasteiger partial charge in [0.15, 0.2) is 0 Å². The average molecular weight is 415 g/mol. The number of hydrogen-bond acceptors (Lipinski definition) is 2. The second-order valence-corrected chi connectivity index (χ2v) is 8.30. The Labute approximate surface area is 164 Å². The zero-order valence-corrected chi connectivity index (χ0v) is 17.1. The fourth-order valence-corrected chi connectivity index (χ4v) is 3.74.